The van der Waals surface area contributed by atoms with E-state index in [1.807, 2.05) is 25.2 Å². The van der Waals surface area contributed by atoms with Crippen molar-refractivity contribution in [1.82, 2.24) is 0 Å². The molecular formula is C20H30O4. The third-order valence-corrected chi connectivity index (χ3v) is 4.65. The van der Waals surface area contributed by atoms with Gasteiger partial charge in [0.25, 0.3) is 0 Å². The van der Waals surface area contributed by atoms with E-state index in [2.05, 4.69) is 26.8 Å². The molecule has 2 atom stereocenters. The molecule has 1 aliphatic rings. The standard InChI is InChI=1S/C20H30O4/c1-5-9-15-11-7-8-12-20(15,13-14(3)4)16(10-6-2)17(18(21)22)19(23)24/h7-8,11-12,14-15H,5-6,9-10,13H2,1-4H3,(H,21,22)(H,23,24). The van der Waals surface area contributed by atoms with Crippen LogP contribution < -0.4 is 0 Å². The number of carboxylic acids is 2. The molecule has 1 rings (SSSR count). The molecule has 0 aromatic heterocycles. The molecule has 4 nitrogen and oxygen atoms in total. The predicted octanol–water partition coefficient (Wildman–Crippen LogP) is 4.83. The van der Waals surface area contributed by atoms with E-state index < -0.39 is 22.9 Å². The second kappa shape index (κ2) is 8.86. The highest BCUT2D eigenvalue weighted by atomic mass is 16.4. The lowest BCUT2D eigenvalue weighted by Crippen LogP contribution is -2.35. The molecule has 0 amide bonds. The van der Waals surface area contributed by atoms with Crippen LogP contribution in [0.2, 0.25) is 0 Å². The Kier molecular flexibility index (Phi) is 7.46. The molecule has 1 aliphatic carbocycles. The summed E-state index contributed by atoms with van der Waals surface area (Å²) in [5.74, 6) is -2.22. The number of hydrogen-bond acceptors (Lipinski definition) is 2. The lowest BCUT2D eigenvalue weighted by Gasteiger charge is -2.43. The molecular weight excluding hydrogens is 304 g/mol. The lowest BCUT2D eigenvalue weighted by molar-refractivity contribution is -0.140. The van der Waals surface area contributed by atoms with Crippen molar-refractivity contribution >= 4 is 11.9 Å². The maximum atomic E-state index is 11.7. The molecule has 0 radical (unpaired) electrons. The summed E-state index contributed by atoms with van der Waals surface area (Å²) in [7, 11) is 0. The normalized spacial score (nSPS) is 22.6. The van der Waals surface area contributed by atoms with Crippen molar-refractivity contribution in [2.75, 3.05) is 0 Å². The molecule has 134 valence electrons. The van der Waals surface area contributed by atoms with Gasteiger partial charge in [-0.15, -0.1) is 0 Å². The van der Waals surface area contributed by atoms with E-state index in [1.165, 1.54) is 0 Å². The summed E-state index contributed by atoms with van der Waals surface area (Å²) in [6.45, 7) is 8.26. The summed E-state index contributed by atoms with van der Waals surface area (Å²) >= 11 is 0. The first-order valence-electron chi connectivity index (χ1n) is 8.86. The van der Waals surface area contributed by atoms with E-state index in [4.69, 9.17) is 0 Å². The van der Waals surface area contributed by atoms with Crippen molar-refractivity contribution < 1.29 is 19.8 Å². The zero-order valence-electron chi connectivity index (χ0n) is 15.2. The quantitative estimate of drug-likeness (QED) is 0.360. The van der Waals surface area contributed by atoms with Gasteiger partial charge in [-0.25, -0.2) is 9.59 Å². The van der Waals surface area contributed by atoms with Gasteiger partial charge in [-0.3, -0.25) is 0 Å². The Morgan fingerprint density at radius 1 is 1.08 bits per heavy atom. The van der Waals surface area contributed by atoms with Crippen molar-refractivity contribution in [3.05, 3.63) is 35.5 Å². The largest absolute Gasteiger partial charge is 0.477 e. The smallest absolute Gasteiger partial charge is 0.343 e. The van der Waals surface area contributed by atoms with Gasteiger partial charge >= 0.3 is 11.9 Å². The Hall–Kier alpha value is -1.84. The van der Waals surface area contributed by atoms with Crippen LogP contribution in [0.3, 0.4) is 0 Å². The van der Waals surface area contributed by atoms with Crippen LogP contribution in [0.15, 0.2) is 35.5 Å². The SMILES string of the molecule is CCCC(=C(C(=O)O)C(=O)O)C1(CC(C)C)C=CC=CC1CCC. The number of carboxylic acid groups (broad SMARTS) is 2. The van der Waals surface area contributed by atoms with E-state index >= 15 is 0 Å². The number of carbonyl (C=O) groups is 2. The van der Waals surface area contributed by atoms with Gasteiger partial charge in [-0.05, 0) is 36.7 Å². The zero-order valence-corrected chi connectivity index (χ0v) is 15.2. The second-order valence-corrected chi connectivity index (χ2v) is 6.99. The number of allylic oxidation sites excluding steroid dienone is 5. The summed E-state index contributed by atoms with van der Waals surface area (Å²) in [6.07, 6.45) is 11.9. The fourth-order valence-corrected chi connectivity index (χ4v) is 3.92. The molecule has 0 fully saturated rings. The summed E-state index contributed by atoms with van der Waals surface area (Å²) < 4.78 is 0. The van der Waals surface area contributed by atoms with Crippen molar-refractivity contribution in [2.45, 2.75) is 59.8 Å². The van der Waals surface area contributed by atoms with Gasteiger partial charge in [0.2, 0.25) is 0 Å². The fourth-order valence-electron chi connectivity index (χ4n) is 3.92. The van der Waals surface area contributed by atoms with E-state index in [-0.39, 0.29) is 5.92 Å². The van der Waals surface area contributed by atoms with Gasteiger partial charge in [-0.2, -0.15) is 0 Å². The summed E-state index contributed by atoms with van der Waals surface area (Å²) in [5.41, 5.74) is -0.405. The van der Waals surface area contributed by atoms with Gasteiger partial charge in [0.05, 0.1) is 0 Å². The van der Waals surface area contributed by atoms with E-state index in [0.717, 1.165) is 25.7 Å². The zero-order chi connectivity index (χ0) is 18.3. The molecule has 0 saturated heterocycles. The Labute approximate surface area is 145 Å². The minimum atomic E-state index is -1.34. The first-order chi connectivity index (χ1) is 11.3. The Balaban J connectivity index is 3.67. The number of aliphatic carboxylic acids is 2. The Morgan fingerprint density at radius 2 is 1.71 bits per heavy atom. The van der Waals surface area contributed by atoms with E-state index in [9.17, 15) is 19.8 Å². The van der Waals surface area contributed by atoms with Crippen LogP contribution in [-0.4, -0.2) is 22.2 Å². The third-order valence-electron chi connectivity index (χ3n) is 4.65. The topological polar surface area (TPSA) is 74.6 Å². The van der Waals surface area contributed by atoms with Gasteiger partial charge in [0, 0.05) is 5.41 Å². The van der Waals surface area contributed by atoms with E-state index in [1.54, 1.807) is 0 Å². The minimum absolute atomic E-state index is 0.130. The Morgan fingerprint density at radius 3 is 2.17 bits per heavy atom. The van der Waals surface area contributed by atoms with Crippen LogP contribution in [0.4, 0.5) is 0 Å². The summed E-state index contributed by atoms with van der Waals surface area (Å²) in [5, 5.41) is 19.1. The summed E-state index contributed by atoms with van der Waals surface area (Å²) in [4.78, 5) is 23.4. The molecule has 24 heavy (non-hydrogen) atoms. The molecule has 0 aliphatic heterocycles. The third kappa shape index (κ3) is 4.37. The lowest BCUT2D eigenvalue weighted by atomic mass is 9.60. The molecule has 4 heteroatoms. The van der Waals surface area contributed by atoms with Gasteiger partial charge in [0.15, 0.2) is 0 Å². The monoisotopic (exact) mass is 334 g/mol. The number of hydrogen-bond donors (Lipinski definition) is 2. The van der Waals surface area contributed by atoms with Gasteiger partial charge in [0.1, 0.15) is 5.57 Å². The van der Waals surface area contributed by atoms with Crippen LogP contribution >= 0.6 is 0 Å². The van der Waals surface area contributed by atoms with Crippen LogP contribution in [0.5, 0.6) is 0 Å². The van der Waals surface area contributed by atoms with Crippen molar-refractivity contribution in [1.29, 1.82) is 0 Å². The first-order valence-corrected chi connectivity index (χ1v) is 8.86. The van der Waals surface area contributed by atoms with Crippen LogP contribution in [0.25, 0.3) is 0 Å². The molecule has 0 saturated carbocycles. The van der Waals surface area contributed by atoms with Gasteiger partial charge in [-0.1, -0.05) is 64.8 Å². The second-order valence-electron chi connectivity index (χ2n) is 6.99. The van der Waals surface area contributed by atoms with E-state index in [0.29, 0.717) is 17.9 Å². The summed E-state index contributed by atoms with van der Waals surface area (Å²) in [6, 6.07) is 0. The average molecular weight is 334 g/mol. The maximum absolute atomic E-state index is 11.7. The molecule has 0 aromatic carbocycles. The molecule has 2 N–H and O–H groups in total. The molecule has 0 spiro atoms. The van der Waals surface area contributed by atoms with Crippen LogP contribution in [0, 0.1) is 17.3 Å². The predicted molar refractivity (Wildman–Crippen MR) is 95.8 cm³/mol. The first kappa shape index (κ1) is 20.2. The molecule has 0 aromatic rings. The molecule has 0 heterocycles. The molecule has 0 bridgehead atoms. The maximum Gasteiger partial charge on any atom is 0.343 e. The van der Waals surface area contributed by atoms with Crippen molar-refractivity contribution in [2.24, 2.45) is 17.3 Å². The molecule has 2 unspecified atom stereocenters. The van der Waals surface area contributed by atoms with Crippen LogP contribution in [-0.2, 0) is 9.59 Å². The average Bonchev–Trinajstić information content (AvgIpc) is 2.47. The highest BCUT2D eigenvalue weighted by Crippen LogP contribution is 2.50. The fraction of sp³-hybridized carbons (Fsp3) is 0.600. The Bertz CT molecular complexity index is 538. The highest BCUT2D eigenvalue weighted by molar-refractivity contribution is 6.13. The highest BCUT2D eigenvalue weighted by Gasteiger charge is 2.43. The van der Waals surface area contributed by atoms with Crippen molar-refractivity contribution in [3.63, 3.8) is 0 Å². The minimum Gasteiger partial charge on any atom is -0.477 e. The number of rotatable bonds is 9. The van der Waals surface area contributed by atoms with Crippen LogP contribution in [0.1, 0.15) is 59.8 Å². The van der Waals surface area contributed by atoms with Crippen molar-refractivity contribution in [3.8, 4) is 0 Å². The van der Waals surface area contributed by atoms with Gasteiger partial charge < -0.3 is 10.2 Å².